The monoisotopic (exact) mass is 121 g/mol. The summed E-state index contributed by atoms with van der Waals surface area (Å²) in [6.45, 7) is -0.250. The number of halogens is 1. The molecule has 33 valence electrons. The molecule has 0 heterocycles. The highest BCUT2D eigenvalue weighted by Gasteiger charge is 2.16. The molecule has 0 amide bonds. The van der Waals surface area contributed by atoms with Crippen LogP contribution >= 0.6 is 9.07 Å². The van der Waals surface area contributed by atoms with Crippen molar-refractivity contribution in [3.8, 4) is 0 Å². The van der Waals surface area contributed by atoms with Gasteiger partial charge in [-0.15, -0.1) is 0 Å². The molecule has 0 bridgehead atoms. The molecule has 0 aromatic carbocycles. The van der Waals surface area contributed by atoms with Crippen molar-refractivity contribution in [2.45, 2.75) is 0 Å². The third-order valence-electron chi connectivity index (χ3n) is 0.1000. The molecule has 0 spiro atoms. The molecule has 0 fully saturated rings. The second kappa shape index (κ2) is 16.7. The number of rotatable bonds is 1. The molecule has 0 aromatic heterocycles. The summed E-state index contributed by atoms with van der Waals surface area (Å²) in [6, 6.07) is 0. The fourth-order valence-electron chi connectivity index (χ4n) is 0. The Morgan fingerprint density at radius 2 is 1.33 bits per heavy atom. The van der Waals surface area contributed by atoms with E-state index in [0.717, 1.165) is 0 Å². The lowest BCUT2D eigenvalue weighted by Gasteiger charge is -1.70. The zero-order valence-electron chi connectivity index (χ0n) is 3.39. The molecule has 0 saturated carbocycles. The van der Waals surface area contributed by atoms with E-state index in [1.807, 2.05) is 0 Å². The van der Waals surface area contributed by atoms with E-state index in [4.69, 9.17) is 10.2 Å². The van der Waals surface area contributed by atoms with Crippen LogP contribution in [0.1, 0.15) is 0 Å². The molecule has 4 heteroatoms. The van der Waals surface area contributed by atoms with Crippen molar-refractivity contribution in [2.24, 2.45) is 0 Å². The van der Waals surface area contributed by atoms with Gasteiger partial charge in [-0.3, -0.25) is 0 Å². The highest BCUT2D eigenvalue weighted by Crippen LogP contribution is 1.39. The standard InChI is InChI=1S/C2H6O2.ClH.Mg/c3-1-2-4;;/h3-4H,1-2H2;1H;/q;;+3/p-1. The molecule has 0 aromatic rings. The molecule has 0 aliphatic carbocycles. The second-order valence-electron chi connectivity index (χ2n) is 0.447. The Balaban J connectivity index is 0. The summed E-state index contributed by atoms with van der Waals surface area (Å²) in [5.41, 5.74) is 0. The van der Waals surface area contributed by atoms with Crippen LogP contribution in [0.25, 0.3) is 0 Å². The average Bonchev–Trinajstić information content (AvgIpc) is 1.72. The molecule has 2 nitrogen and oxygen atoms in total. The van der Waals surface area contributed by atoms with E-state index in [1.165, 1.54) is 20.6 Å². The van der Waals surface area contributed by atoms with Gasteiger partial charge >= 0.3 is 29.7 Å². The Bertz CT molecular complexity index is 13.5. The van der Waals surface area contributed by atoms with Crippen LogP contribution < -0.4 is 0 Å². The average molecular weight is 122 g/mol. The lowest BCUT2D eigenvalue weighted by atomic mass is 10.8. The Morgan fingerprint density at radius 1 is 1.17 bits per heavy atom. The van der Waals surface area contributed by atoms with Gasteiger partial charge in [0.2, 0.25) is 0 Å². The predicted octanol–water partition coefficient (Wildman–Crippen LogP) is -0.720. The fraction of sp³-hybridized carbons (Fsp3) is 1.00. The normalized spacial score (nSPS) is 6.00. The summed E-state index contributed by atoms with van der Waals surface area (Å²) in [5, 5.41) is 15.2. The third kappa shape index (κ3) is 20.1. The number of hydrogen-bond donors (Lipinski definition) is 2. The molecule has 0 saturated heterocycles. The topological polar surface area (TPSA) is 40.5 Å². The second-order valence-corrected chi connectivity index (χ2v) is 0.447. The minimum Gasteiger partial charge on any atom is -0.394 e. The molecule has 7 radical (unpaired) electrons. The van der Waals surface area contributed by atoms with E-state index < -0.39 is 0 Å². The first kappa shape index (κ1) is 10.1. The molecular formula is C2H6ClMgO2+2. The van der Waals surface area contributed by atoms with E-state index in [-0.39, 0.29) is 13.2 Å². The van der Waals surface area contributed by atoms with Crippen LogP contribution in [0.15, 0.2) is 0 Å². The van der Waals surface area contributed by atoms with E-state index in [0.29, 0.717) is 0 Å². The molecular weight excluding hydrogens is 116 g/mol. The number of hydrogen-bond acceptors (Lipinski definition) is 2. The molecule has 0 atom stereocenters. The van der Waals surface area contributed by atoms with Crippen molar-refractivity contribution in [1.29, 1.82) is 0 Å². The maximum atomic E-state index is 7.62. The van der Waals surface area contributed by atoms with Crippen LogP contribution in [0.4, 0.5) is 0 Å². The van der Waals surface area contributed by atoms with E-state index in [2.05, 4.69) is 9.07 Å². The van der Waals surface area contributed by atoms with Crippen molar-refractivity contribution >= 4 is 29.7 Å². The highest BCUT2D eigenvalue weighted by atomic mass is 35.5. The Hall–Kier alpha value is 0.976. The summed E-state index contributed by atoms with van der Waals surface area (Å²) in [4.78, 5) is 0. The van der Waals surface area contributed by atoms with Crippen molar-refractivity contribution in [3.63, 3.8) is 0 Å². The lowest BCUT2D eigenvalue weighted by Crippen LogP contribution is -1.85. The number of aliphatic hydroxyl groups excluding tert-OH is 2. The molecule has 0 aliphatic heterocycles. The van der Waals surface area contributed by atoms with Crippen molar-refractivity contribution in [1.82, 2.24) is 0 Å². The smallest absolute Gasteiger partial charge is 0.394 e. The van der Waals surface area contributed by atoms with E-state index in [9.17, 15) is 0 Å². The van der Waals surface area contributed by atoms with Gasteiger partial charge in [0.25, 0.3) is 0 Å². The molecule has 6 heavy (non-hydrogen) atoms. The third-order valence-corrected chi connectivity index (χ3v) is 0.1000. The van der Waals surface area contributed by atoms with Crippen LogP contribution in [0.3, 0.4) is 0 Å². The van der Waals surface area contributed by atoms with Gasteiger partial charge in [0, 0.05) is 0 Å². The van der Waals surface area contributed by atoms with Gasteiger partial charge < -0.3 is 10.2 Å². The zero-order chi connectivity index (χ0) is 5.41. The van der Waals surface area contributed by atoms with Gasteiger partial charge in [0.15, 0.2) is 0 Å². The zero-order valence-corrected chi connectivity index (χ0v) is 5.56. The lowest BCUT2D eigenvalue weighted by molar-refractivity contribution is 0.186. The Morgan fingerprint density at radius 3 is 1.33 bits per heavy atom. The SMILES string of the molecule is OCCO.[Mg+2][Cl]. The minimum atomic E-state index is -0.125. The minimum absolute atomic E-state index is 0.125. The molecule has 0 aliphatic rings. The maximum absolute atomic E-state index is 7.62. The number of aliphatic hydroxyl groups is 2. The first-order valence-corrected chi connectivity index (χ1v) is 3.54. The summed E-state index contributed by atoms with van der Waals surface area (Å²) in [5.74, 6) is 0. The van der Waals surface area contributed by atoms with Crippen LogP contribution in [0.5, 0.6) is 0 Å². The van der Waals surface area contributed by atoms with Gasteiger partial charge in [-0.05, 0) is 0 Å². The highest BCUT2D eigenvalue weighted by molar-refractivity contribution is 6.80. The van der Waals surface area contributed by atoms with E-state index >= 15 is 0 Å². The molecule has 0 unspecified atom stereocenters. The van der Waals surface area contributed by atoms with Crippen LogP contribution in [-0.2, 0) is 0 Å². The van der Waals surface area contributed by atoms with Gasteiger partial charge in [-0.1, -0.05) is 0 Å². The quantitative estimate of drug-likeness (QED) is 0.450. The van der Waals surface area contributed by atoms with Gasteiger partial charge in [-0.25, -0.2) is 0 Å². The van der Waals surface area contributed by atoms with Gasteiger partial charge in [-0.2, -0.15) is 0 Å². The largest absolute Gasteiger partial charge is 1.59 e. The summed E-state index contributed by atoms with van der Waals surface area (Å²) in [6.07, 6.45) is 0. The van der Waals surface area contributed by atoms with Crippen LogP contribution in [-0.4, -0.2) is 44.0 Å². The first-order chi connectivity index (χ1) is 2.91. The summed E-state index contributed by atoms with van der Waals surface area (Å²) in [7, 11) is 4.67. The van der Waals surface area contributed by atoms with Crippen LogP contribution in [0, 0.1) is 0 Å². The van der Waals surface area contributed by atoms with E-state index in [1.54, 1.807) is 0 Å². The van der Waals surface area contributed by atoms with Crippen molar-refractivity contribution in [2.75, 3.05) is 13.2 Å². The molecule has 0 rings (SSSR count). The van der Waals surface area contributed by atoms with Crippen molar-refractivity contribution < 1.29 is 10.2 Å². The van der Waals surface area contributed by atoms with Crippen molar-refractivity contribution in [3.05, 3.63) is 0 Å². The molecule has 2 N–H and O–H groups in total. The predicted molar refractivity (Wildman–Crippen MR) is 25.8 cm³/mol. The first-order valence-electron chi connectivity index (χ1n) is 1.40. The van der Waals surface area contributed by atoms with Gasteiger partial charge in [0.05, 0.1) is 13.2 Å². The van der Waals surface area contributed by atoms with Gasteiger partial charge in [0.1, 0.15) is 0 Å². The summed E-state index contributed by atoms with van der Waals surface area (Å²) < 4.78 is 0. The Labute approximate surface area is 53.3 Å². The Kier molecular flexibility index (Phi) is 28.0. The summed E-state index contributed by atoms with van der Waals surface area (Å²) >= 11 is 1.33. The maximum Gasteiger partial charge on any atom is 1.59 e. The fourth-order valence-corrected chi connectivity index (χ4v) is 0. The van der Waals surface area contributed by atoms with Crippen LogP contribution in [0.2, 0.25) is 0 Å².